The molecule has 3 heterocycles. The Morgan fingerprint density at radius 1 is 1.06 bits per heavy atom. The van der Waals surface area contributed by atoms with Crippen LogP contribution in [-0.2, 0) is 0 Å². The summed E-state index contributed by atoms with van der Waals surface area (Å²) in [6.07, 6.45) is 5.12. The number of ether oxygens (including phenoxy) is 1. The maximum absolute atomic E-state index is 14.4. The first-order valence-electron chi connectivity index (χ1n) is 9.51. The number of hydrogen-bond donors (Lipinski definition) is 0. The van der Waals surface area contributed by atoms with Crippen molar-refractivity contribution in [3.8, 4) is 17.1 Å². The Hall–Kier alpha value is -3.71. The summed E-state index contributed by atoms with van der Waals surface area (Å²) in [6, 6.07) is 14.7. The highest BCUT2D eigenvalue weighted by Gasteiger charge is 2.16. The van der Waals surface area contributed by atoms with Gasteiger partial charge < -0.3 is 14.0 Å². The maximum Gasteiger partial charge on any atom is 0.232 e. The zero-order valence-corrected chi connectivity index (χ0v) is 17.5. The van der Waals surface area contributed by atoms with Gasteiger partial charge in [-0.15, -0.1) is 0 Å². The van der Waals surface area contributed by atoms with Crippen molar-refractivity contribution in [1.29, 1.82) is 0 Å². The molecule has 0 N–H and O–H groups in total. The molecule has 0 bridgehead atoms. The molecule has 5 aromatic rings. The molecule has 5 rings (SSSR count). The summed E-state index contributed by atoms with van der Waals surface area (Å²) in [4.78, 5) is 15.3. The molecular formula is C23H17ClFN5O. The van der Waals surface area contributed by atoms with E-state index in [0.29, 0.717) is 22.8 Å². The number of rotatable bonds is 4. The molecular weight excluding hydrogens is 417 g/mol. The molecule has 2 aromatic carbocycles. The van der Waals surface area contributed by atoms with Gasteiger partial charge in [-0.3, -0.25) is 0 Å². The molecule has 0 aliphatic rings. The average molecular weight is 434 g/mol. The molecule has 0 fully saturated rings. The van der Waals surface area contributed by atoms with Gasteiger partial charge in [-0.05, 0) is 36.4 Å². The minimum atomic E-state index is -0.487. The normalized spacial score (nSPS) is 11.2. The van der Waals surface area contributed by atoms with Gasteiger partial charge in [-0.2, -0.15) is 0 Å². The predicted octanol–water partition coefficient (Wildman–Crippen LogP) is 5.51. The van der Waals surface area contributed by atoms with Gasteiger partial charge in [-0.25, -0.2) is 19.3 Å². The lowest BCUT2D eigenvalue weighted by Crippen LogP contribution is -2.13. The van der Waals surface area contributed by atoms with Crippen LogP contribution in [0.3, 0.4) is 0 Å². The van der Waals surface area contributed by atoms with Crippen LogP contribution in [0.1, 0.15) is 0 Å². The van der Waals surface area contributed by atoms with E-state index in [1.165, 1.54) is 6.07 Å². The lowest BCUT2D eigenvalue weighted by molar-refractivity contribution is 0.396. The number of aromatic nitrogens is 4. The summed E-state index contributed by atoms with van der Waals surface area (Å²) in [5.41, 5.74) is 4.00. The SMILES string of the molecule is COc1cnc(-c2cccc(N(C)c3nc4cccn4c4cc(Cl)c(F)cc34)c2)cn1. The fourth-order valence-corrected chi connectivity index (χ4v) is 3.73. The average Bonchev–Trinajstić information content (AvgIpc) is 3.28. The summed E-state index contributed by atoms with van der Waals surface area (Å²) in [7, 11) is 3.45. The fourth-order valence-electron chi connectivity index (χ4n) is 3.57. The van der Waals surface area contributed by atoms with Gasteiger partial charge in [0.15, 0.2) is 0 Å². The van der Waals surface area contributed by atoms with Crippen molar-refractivity contribution in [3.63, 3.8) is 0 Å². The van der Waals surface area contributed by atoms with Crippen LogP contribution in [0.5, 0.6) is 5.88 Å². The van der Waals surface area contributed by atoms with Crippen LogP contribution in [0.25, 0.3) is 27.8 Å². The van der Waals surface area contributed by atoms with E-state index in [4.69, 9.17) is 21.3 Å². The van der Waals surface area contributed by atoms with Gasteiger partial charge in [0.1, 0.15) is 17.3 Å². The topological polar surface area (TPSA) is 55.5 Å². The molecule has 0 aliphatic heterocycles. The summed E-state index contributed by atoms with van der Waals surface area (Å²) in [5.74, 6) is 0.586. The van der Waals surface area contributed by atoms with Crippen LogP contribution in [-0.4, -0.2) is 33.5 Å². The third-order valence-electron chi connectivity index (χ3n) is 5.17. The van der Waals surface area contributed by atoms with Crippen molar-refractivity contribution >= 4 is 39.7 Å². The van der Waals surface area contributed by atoms with E-state index >= 15 is 0 Å². The van der Waals surface area contributed by atoms with Crippen molar-refractivity contribution in [2.45, 2.75) is 0 Å². The Bertz CT molecular complexity index is 1420. The summed E-state index contributed by atoms with van der Waals surface area (Å²) in [5, 5.41) is 0.727. The minimum absolute atomic E-state index is 0.0716. The first-order chi connectivity index (χ1) is 15.0. The van der Waals surface area contributed by atoms with Crippen molar-refractivity contribution in [2.75, 3.05) is 19.1 Å². The third-order valence-corrected chi connectivity index (χ3v) is 5.46. The predicted molar refractivity (Wildman–Crippen MR) is 120 cm³/mol. The van der Waals surface area contributed by atoms with E-state index in [2.05, 4.69) is 9.97 Å². The maximum atomic E-state index is 14.4. The van der Waals surface area contributed by atoms with Gasteiger partial charge in [0.05, 0.1) is 35.7 Å². The summed E-state index contributed by atoms with van der Waals surface area (Å²) >= 11 is 6.07. The number of halogens is 2. The molecule has 31 heavy (non-hydrogen) atoms. The quantitative estimate of drug-likeness (QED) is 0.374. The van der Waals surface area contributed by atoms with E-state index in [9.17, 15) is 4.39 Å². The molecule has 0 aliphatic carbocycles. The second-order valence-electron chi connectivity index (χ2n) is 7.01. The molecule has 0 radical (unpaired) electrons. The lowest BCUT2D eigenvalue weighted by atomic mass is 10.1. The van der Waals surface area contributed by atoms with Crippen molar-refractivity contribution in [2.24, 2.45) is 0 Å². The Balaban J connectivity index is 1.64. The molecule has 6 nitrogen and oxygen atoms in total. The molecule has 3 aromatic heterocycles. The van der Waals surface area contributed by atoms with Crippen LogP contribution < -0.4 is 9.64 Å². The van der Waals surface area contributed by atoms with E-state index in [1.807, 2.05) is 58.9 Å². The number of methoxy groups -OCH3 is 1. The molecule has 0 saturated carbocycles. The van der Waals surface area contributed by atoms with Crippen molar-refractivity contribution < 1.29 is 9.13 Å². The third kappa shape index (κ3) is 3.33. The van der Waals surface area contributed by atoms with Gasteiger partial charge in [-0.1, -0.05) is 23.7 Å². The zero-order chi connectivity index (χ0) is 21.5. The Morgan fingerprint density at radius 3 is 2.71 bits per heavy atom. The van der Waals surface area contributed by atoms with E-state index in [-0.39, 0.29) is 5.02 Å². The Morgan fingerprint density at radius 2 is 1.94 bits per heavy atom. The fraction of sp³-hybridized carbons (Fsp3) is 0.0870. The van der Waals surface area contributed by atoms with E-state index in [1.54, 1.807) is 25.6 Å². The monoisotopic (exact) mass is 433 g/mol. The van der Waals surface area contributed by atoms with Crippen LogP contribution in [0.4, 0.5) is 15.9 Å². The number of benzene rings is 2. The van der Waals surface area contributed by atoms with Crippen LogP contribution >= 0.6 is 11.6 Å². The number of hydrogen-bond acceptors (Lipinski definition) is 5. The molecule has 0 atom stereocenters. The molecule has 0 amide bonds. The summed E-state index contributed by atoms with van der Waals surface area (Å²) in [6.45, 7) is 0. The molecule has 0 unspecified atom stereocenters. The summed E-state index contributed by atoms with van der Waals surface area (Å²) < 4.78 is 21.3. The second kappa shape index (κ2) is 7.52. The van der Waals surface area contributed by atoms with Gasteiger partial charge in [0.2, 0.25) is 5.88 Å². The number of fused-ring (bicyclic) bond motifs is 3. The highest BCUT2D eigenvalue weighted by Crippen LogP contribution is 2.34. The first-order valence-corrected chi connectivity index (χ1v) is 9.89. The van der Waals surface area contributed by atoms with Crippen LogP contribution in [0, 0.1) is 5.82 Å². The van der Waals surface area contributed by atoms with Crippen molar-refractivity contribution in [1.82, 2.24) is 19.4 Å². The Kier molecular flexibility index (Phi) is 4.67. The molecule has 0 spiro atoms. The number of nitrogens with zero attached hydrogens (tertiary/aromatic N) is 5. The zero-order valence-electron chi connectivity index (χ0n) is 16.8. The van der Waals surface area contributed by atoms with E-state index < -0.39 is 5.82 Å². The lowest BCUT2D eigenvalue weighted by Gasteiger charge is -2.22. The first kappa shape index (κ1) is 19.3. The Labute approximate surface area is 182 Å². The van der Waals surface area contributed by atoms with Crippen LogP contribution in [0.2, 0.25) is 5.02 Å². The second-order valence-corrected chi connectivity index (χ2v) is 7.42. The number of anilines is 2. The highest BCUT2D eigenvalue weighted by molar-refractivity contribution is 6.31. The smallest absolute Gasteiger partial charge is 0.232 e. The standard InChI is InChI=1S/C23H17ClFN5O/c1-29(15-6-3-5-14(9-15)19-12-27-22(31-2)13-26-19)23-16-10-18(25)17(24)11-20(16)30-8-4-7-21(30)28-23/h3-13H,1-2H3. The minimum Gasteiger partial charge on any atom is -0.480 e. The molecule has 8 heteroatoms. The highest BCUT2D eigenvalue weighted by atomic mass is 35.5. The van der Waals surface area contributed by atoms with E-state index in [0.717, 1.165) is 22.4 Å². The van der Waals surface area contributed by atoms with Crippen molar-refractivity contribution in [3.05, 3.63) is 78.0 Å². The van der Waals surface area contributed by atoms with Gasteiger partial charge >= 0.3 is 0 Å². The van der Waals surface area contributed by atoms with Gasteiger partial charge in [0.25, 0.3) is 0 Å². The van der Waals surface area contributed by atoms with Gasteiger partial charge in [0, 0.05) is 29.9 Å². The molecule has 0 saturated heterocycles. The van der Waals surface area contributed by atoms with Crippen LogP contribution in [0.15, 0.2) is 67.1 Å². The largest absolute Gasteiger partial charge is 0.480 e. The molecule has 154 valence electrons.